The molecule has 0 aliphatic rings. The first-order valence-corrected chi connectivity index (χ1v) is 5.60. The molecular formula is C12H16N4O. The van der Waals surface area contributed by atoms with E-state index in [4.69, 9.17) is 4.42 Å². The van der Waals surface area contributed by atoms with Crippen LogP contribution in [0.1, 0.15) is 12.7 Å². The van der Waals surface area contributed by atoms with E-state index in [1.807, 2.05) is 19.2 Å². The summed E-state index contributed by atoms with van der Waals surface area (Å²) in [6, 6.07) is 3.84. The predicted octanol–water partition coefficient (Wildman–Crippen LogP) is 2.14. The fourth-order valence-electron chi connectivity index (χ4n) is 1.57. The third kappa shape index (κ3) is 2.75. The topological polar surface area (TPSA) is 54.2 Å². The Bertz CT molecular complexity index is 455. The summed E-state index contributed by atoms with van der Waals surface area (Å²) < 4.78 is 5.34. The van der Waals surface area contributed by atoms with E-state index in [0.717, 1.165) is 23.9 Å². The highest BCUT2D eigenvalue weighted by Crippen LogP contribution is 2.15. The van der Waals surface area contributed by atoms with Gasteiger partial charge in [-0.25, -0.2) is 4.98 Å². The second-order valence-electron chi connectivity index (χ2n) is 3.61. The highest BCUT2D eigenvalue weighted by atomic mass is 16.3. The number of hydrogen-bond donors (Lipinski definition) is 1. The van der Waals surface area contributed by atoms with Crippen molar-refractivity contribution in [3.63, 3.8) is 0 Å². The Balaban J connectivity index is 2.16. The summed E-state index contributed by atoms with van der Waals surface area (Å²) >= 11 is 0. The van der Waals surface area contributed by atoms with Crippen molar-refractivity contribution in [3.05, 3.63) is 36.5 Å². The molecule has 0 aromatic carbocycles. The van der Waals surface area contributed by atoms with Gasteiger partial charge in [-0.1, -0.05) is 0 Å². The molecule has 0 atom stereocenters. The quantitative estimate of drug-likeness (QED) is 0.856. The Kier molecular flexibility index (Phi) is 3.59. The van der Waals surface area contributed by atoms with Crippen LogP contribution in [0.25, 0.3) is 0 Å². The summed E-state index contributed by atoms with van der Waals surface area (Å²) in [5, 5.41) is 2.98. The van der Waals surface area contributed by atoms with Crippen molar-refractivity contribution in [3.8, 4) is 0 Å². The third-order valence-corrected chi connectivity index (χ3v) is 2.51. The van der Waals surface area contributed by atoms with Crippen LogP contribution in [0.2, 0.25) is 0 Å². The minimum atomic E-state index is 0.700. The van der Waals surface area contributed by atoms with Gasteiger partial charge in [-0.05, 0) is 19.1 Å². The zero-order valence-electron chi connectivity index (χ0n) is 10.1. The average molecular weight is 232 g/mol. The van der Waals surface area contributed by atoms with Gasteiger partial charge in [0.05, 0.1) is 25.2 Å². The molecule has 17 heavy (non-hydrogen) atoms. The summed E-state index contributed by atoms with van der Waals surface area (Å²) in [6.45, 7) is 3.63. The van der Waals surface area contributed by atoms with Gasteiger partial charge in [0.25, 0.3) is 0 Å². The second-order valence-corrected chi connectivity index (χ2v) is 3.61. The Morgan fingerprint density at radius 2 is 2.29 bits per heavy atom. The molecule has 0 bridgehead atoms. The van der Waals surface area contributed by atoms with Crippen molar-refractivity contribution in [2.24, 2.45) is 0 Å². The van der Waals surface area contributed by atoms with Crippen molar-refractivity contribution >= 4 is 11.6 Å². The van der Waals surface area contributed by atoms with Gasteiger partial charge in [-0.3, -0.25) is 4.98 Å². The first kappa shape index (κ1) is 11.4. The lowest BCUT2D eigenvalue weighted by Crippen LogP contribution is -2.23. The van der Waals surface area contributed by atoms with Crippen LogP contribution < -0.4 is 10.2 Å². The molecule has 0 unspecified atom stereocenters. The van der Waals surface area contributed by atoms with Gasteiger partial charge in [0.1, 0.15) is 17.4 Å². The van der Waals surface area contributed by atoms with E-state index in [-0.39, 0.29) is 0 Å². The van der Waals surface area contributed by atoms with Gasteiger partial charge in [-0.2, -0.15) is 0 Å². The van der Waals surface area contributed by atoms with E-state index in [9.17, 15) is 0 Å². The van der Waals surface area contributed by atoms with Gasteiger partial charge in [0, 0.05) is 13.6 Å². The molecule has 90 valence electrons. The van der Waals surface area contributed by atoms with Gasteiger partial charge < -0.3 is 14.6 Å². The molecule has 0 aliphatic carbocycles. The van der Waals surface area contributed by atoms with Crippen LogP contribution in [-0.2, 0) is 6.54 Å². The zero-order valence-corrected chi connectivity index (χ0v) is 10.1. The molecule has 0 amide bonds. The van der Waals surface area contributed by atoms with Gasteiger partial charge in [0.15, 0.2) is 0 Å². The largest absolute Gasteiger partial charge is 0.467 e. The SMILES string of the molecule is CCN(Cc1ccco1)c1cncc(NC)n1. The van der Waals surface area contributed by atoms with Gasteiger partial charge in [-0.15, -0.1) is 0 Å². The number of hydrogen-bond acceptors (Lipinski definition) is 5. The molecule has 0 radical (unpaired) electrons. The van der Waals surface area contributed by atoms with Crippen LogP contribution in [-0.4, -0.2) is 23.6 Å². The molecule has 1 N–H and O–H groups in total. The minimum absolute atomic E-state index is 0.700. The van der Waals surface area contributed by atoms with Crippen LogP contribution in [0.5, 0.6) is 0 Å². The van der Waals surface area contributed by atoms with E-state index >= 15 is 0 Å². The molecule has 5 nitrogen and oxygen atoms in total. The average Bonchev–Trinajstić information content (AvgIpc) is 2.89. The number of furan rings is 1. The molecule has 0 saturated heterocycles. The van der Waals surface area contributed by atoms with Crippen LogP contribution in [0, 0.1) is 0 Å². The third-order valence-electron chi connectivity index (χ3n) is 2.51. The minimum Gasteiger partial charge on any atom is -0.467 e. The molecule has 0 saturated carbocycles. The van der Waals surface area contributed by atoms with E-state index in [1.165, 1.54) is 0 Å². The van der Waals surface area contributed by atoms with Crippen molar-refractivity contribution in [1.29, 1.82) is 0 Å². The van der Waals surface area contributed by atoms with Crippen LogP contribution in [0.15, 0.2) is 35.2 Å². The number of nitrogens with zero attached hydrogens (tertiary/aromatic N) is 3. The Morgan fingerprint density at radius 1 is 1.41 bits per heavy atom. The van der Waals surface area contributed by atoms with E-state index in [1.54, 1.807) is 18.7 Å². The molecule has 5 heteroatoms. The number of rotatable bonds is 5. The van der Waals surface area contributed by atoms with Crippen LogP contribution in [0.3, 0.4) is 0 Å². The van der Waals surface area contributed by atoms with Crippen molar-refractivity contribution in [1.82, 2.24) is 9.97 Å². The summed E-state index contributed by atoms with van der Waals surface area (Å²) in [7, 11) is 1.83. The maximum Gasteiger partial charge on any atom is 0.149 e. The maximum atomic E-state index is 5.34. The van der Waals surface area contributed by atoms with Crippen molar-refractivity contribution in [2.45, 2.75) is 13.5 Å². The summed E-state index contributed by atoms with van der Waals surface area (Å²) in [5.41, 5.74) is 0. The molecule has 2 rings (SSSR count). The van der Waals surface area contributed by atoms with Crippen LogP contribution >= 0.6 is 0 Å². The number of nitrogens with one attached hydrogen (secondary N) is 1. The molecule has 0 fully saturated rings. The fraction of sp³-hybridized carbons (Fsp3) is 0.333. The maximum absolute atomic E-state index is 5.34. The molecule has 2 aromatic heterocycles. The zero-order chi connectivity index (χ0) is 12.1. The molecular weight excluding hydrogens is 216 g/mol. The second kappa shape index (κ2) is 5.34. The first-order valence-electron chi connectivity index (χ1n) is 5.60. The highest BCUT2D eigenvalue weighted by molar-refractivity contribution is 5.43. The molecule has 0 aliphatic heterocycles. The monoisotopic (exact) mass is 232 g/mol. The molecule has 0 spiro atoms. The smallest absolute Gasteiger partial charge is 0.149 e. The predicted molar refractivity (Wildman–Crippen MR) is 67.0 cm³/mol. The number of anilines is 2. The lowest BCUT2D eigenvalue weighted by atomic mass is 10.4. The van der Waals surface area contributed by atoms with Crippen LogP contribution in [0.4, 0.5) is 11.6 Å². The lowest BCUT2D eigenvalue weighted by Gasteiger charge is -2.20. The fourth-order valence-corrected chi connectivity index (χ4v) is 1.57. The molecule has 2 aromatic rings. The van der Waals surface area contributed by atoms with E-state index < -0.39 is 0 Å². The Labute approximate surface area is 100 Å². The summed E-state index contributed by atoms with van der Waals surface area (Å²) in [6.07, 6.45) is 5.14. The normalized spacial score (nSPS) is 10.2. The van der Waals surface area contributed by atoms with Gasteiger partial charge >= 0.3 is 0 Å². The Morgan fingerprint density at radius 3 is 2.94 bits per heavy atom. The lowest BCUT2D eigenvalue weighted by molar-refractivity contribution is 0.503. The number of aromatic nitrogens is 2. The summed E-state index contributed by atoms with van der Waals surface area (Å²) in [5.74, 6) is 2.53. The van der Waals surface area contributed by atoms with Crippen molar-refractivity contribution in [2.75, 3.05) is 23.8 Å². The van der Waals surface area contributed by atoms with Crippen molar-refractivity contribution < 1.29 is 4.42 Å². The van der Waals surface area contributed by atoms with E-state index in [2.05, 4.69) is 27.1 Å². The molecule has 2 heterocycles. The summed E-state index contributed by atoms with van der Waals surface area (Å²) in [4.78, 5) is 10.7. The van der Waals surface area contributed by atoms with Gasteiger partial charge in [0.2, 0.25) is 0 Å². The Hall–Kier alpha value is -2.04. The van der Waals surface area contributed by atoms with E-state index in [0.29, 0.717) is 6.54 Å². The standard InChI is InChI=1S/C12H16N4O/c1-3-16(9-10-5-4-6-17-10)12-8-14-7-11(13-2)15-12/h4-8H,3,9H2,1-2H3,(H,13,15). The highest BCUT2D eigenvalue weighted by Gasteiger charge is 2.09. The first-order chi connectivity index (χ1) is 8.33.